The fourth-order valence-electron chi connectivity index (χ4n) is 3.33. The lowest BCUT2D eigenvalue weighted by molar-refractivity contribution is 0.171. The van der Waals surface area contributed by atoms with Crippen molar-refractivity contribution < 1.29 is 13.2 Å². The average Bonchev–Trinajstić information content (AvgIpc) is 3.15. The molecule has 122 valence electrons. The number of methoxy groups -OCH3 is 1. The molecule has 0 amide bonds. The second-order valence-electron chi connectivity index (χ2n) is 6.21. The Morgan fingerprint density at radius 2 is 1.70 bits per heavy atom. The molecule has 0 radical (unpaired) electrons. The van der Waals surface area contributed by atoms with Crippen LogP contribution < -0.4 is 5.73 Å². The van der Waals surface area contributed by atoms with Crippen LogP contribution in [0.15, 0.2) is 59.5 Å². The van der Waals surface area contributed by atoms with Gasteiger partial charge in [0.05, 0.1) is 22.3 Å². The molecule has 1 fully saturated rings. The van der Waals surface area contributed by atoms with Gasteiger partial charge in [0.15, 0.2) is 9.84 Å². The van der Waals surface area contributed by atoms with Gasteiger partial charge in [-0.15, -0.1) is 0 Å². The Morgan fingerprint density at radius 1 is 1.09 bits per heavy atom. The van der Waals surface area contributed by atoms with Gasteiger partial charge in [-0.3, -0.25) is 0 Å². The highest BCUT2D eigenvalue weighted by molar-refractivity contribution is 7.92. The highest BCUT2D eigenvalue weighted by atomic mass is 32.2. The summed E-state index contributed by atoms with van der Waals surface area (Å²) in [6.45, 7) is 2.14. The van der Waals surface area contributed by atoms with Crippen molar-refractivity contribution in [2.24, 2.45) is 5.73 Å². The molecule has 5 heteroatoms. The molecule has 1 saturated carbocycles. The first-order valence-corrected chi connectivity index (χ1v) is 9.09. The maximum atomic E-state index is 13.0. The van der Waals surface area contributed by atoms with E-state index in [2.05, 4.69) is 0 Å². The van der Waals surface area contributed by atoms with Crippen molar-refractivity contribution in [3.63, 3.8) is 0 Å². The van der Waals surface area contributed by atoms with Crippen LogP contribution in [0.4, 0.5) is 0 Å². The minimum Gasteiger partial charge on any atom is -0.383 e. The van der Waals surface area contributed by atoms with Crippen molar-refractivity contribution in [3.8, 4) is 0 Å². The minimum absolute atomic E-state index is 0.211. The highest BCUT2D eigenvalue weighted by Gasteiger charge is 2.69. The molecule has 2 aromatic carbocycles. The van der Waals surface area contributed by atoms with Crippen LogP contribution in [-0.2, 0) is 14.6 Å². The summed E-state index contributed by atoms with van der Waals surface area (Å²) in [5, 5.41) is -0.667. The second kappa shape index (κ2) is 5.74. The molecule has 0 aromatic heterocycles. The number of benzene rings is 2. The van der Waals surface area contributed by atoms with Gasteiger partial charge in [-0.25, -0.2) is 8.42 Å². The van der Waals surface area contributed by atoms with Crippen molar-refractivity contribution >= 4 is 9.84 Å². The van der Waals surface area contributed by atoms with Crippen LogP contribution in [0.3, 0.4) is 0 Å². The van der Waals surface area contributed by atoms with Gasteiger partial charge < -0.3 is 10.5 Å². The van der Waals surface area contributed by atoms with Gasteiger partial charge in [-0.1, -0.05) is 48.0 Å². The minimum atomic E-state index is -3.51. The third-order valence-electron chi connectivity index (χ3n) is 4.54. The number of aryl methyl sites for hydroxylation is 1. The number of sulfone groups is 1. The van der Waals surface area contributed by atoms with E-state index in [1.165, 1.54) is 0 Å². The molecule has 23 heavy (non-hydrogen) atoms. The summed E-state index contributed by atoms with van der Waals surface area (Å²) >= 11 is 0. The zero-order valence-electron chi connectivity index (χ0n) is 13.3. The quantitative estimate of drug-likeness (QED) is 0.912. The topological polar surface area (TPSA) is 69.4 Å². The molecular weight excluding hydrogens is 310 g/mol. The molecule has 0 bridgehead atoms. The molecule has 3 atom stereocenters. The van der Waals surface area contributed by atoms with Gasteiger partial charge in [0.1, 0.15) is 0 Å². The number of nitrogens with two attached hydrogens (primary N) is 1. The molecule has 0 saturated heterocycles. The van der Waals surface area contributed by atoms with Crippen molar-refractivity contribution in [2.75, 3.05) is 13.7 Å². The molecule has 0 spiro atoms. The molecule has 3 rings (SSSR count). The molecule has 2 aromatic rings. The Balaban J connectivity index is 2.01. The fraction of sp³-hybridized carbons (Fsp3) is 0.333. The Kier molecular flexibility index (Phi) is 4.04. The zero-order valence-corrected chi connectivity index (χ0v) is 14.1. The van der Waals surface area contributed by atoms with Crippen molar-refractivity contribution in [2.45, 2.75) is 28.5 Å². The fourth-order valence-corrected chi connectivity index (χ4v) is 5.62. The lowest BCUT2D eigenvalue weighted by atomic mass is 10.1. The van der Waals surface area contributed by atoms with E-state index in [0.29, 0.717) is 4.90 Å². The number of rotatable bonds is 5. The van der Waals surface area contributed by atoms with Crippen LogP contribution in [0.5, 0.6) is 0 Å². The maximum Gasteiger partial charge on any atom is 0.183 e. The van der Waals surface area contributed by atoms with E-state index >= 15 is 0 Å². The zero-order chi connectivity index (χ0) is 16.7. The van der Waals surface area contributed by atoms with E-state index in [1.807, 2.05) is 37.3 Å². The molecule has 0 heterocycles. The summed E-state index contributed by atoms with van der Waals surface area (Å²) in [5.41, 5.74) is 7.50. The predicted molar refractivity (Wildman–Crippen MR) is 90.1 cm³/mol. The smallest absolute Gasteiger partial charge is 0.183 e. The summed E-state index contributed by atoms with van der Waals surface area (Å²) in [6.07, 6.45) is 0. The standard InChI is InChI=1S/C18H21NO3S/c1-13-8-10-15(11-9-13)23(20,21)17-16(18(17,19)12-22-2)14-6-4-3-5-7-14/h3-11,16-17H,12,19H2,1-2H3/t16-,17+,18-/m0/s1. The molecule has 4 nitrogen and oxygen atoms in total. The van der Waals surface area contributed by atoms with Gasteiger partial charge in [0.2, 0.25) is 0 Å². The highest BCUT2D eigenvalue weighted by Crippen LogP contribution is 2.55. The molecule has 2 N–H and O–H groups in total. The normalized spacial score (nSPS) is 26.9. The van der Waals surface area contributed by atoms with Gasteiger partial charge in [0, 0.05) is 13.0 Å². The van der Waals surface area contributed by atoms with Crippen molar-refractivity contribution in [1.82, 2.24) is 0 Å². The van der Waals surface area contributed by atoms with Crippen molar-refractivity contribution in [1.29, 1.82) is 0 Å². The second-order valence-corrected chi connectivity index (χ2v) is 8.28. The van der Waals surface area contributed by atoms with Crippen molar-refractivity contribution in [3.05, 3.63) is 65.7 Å². The molecular formula is C18H21NO3S. The average molecular weight is 331 g/mol. The Bertz CT molecular complexity index is 787. The Morgan fingerprint density at radius 3 is 2.26 bits per heavy atom. The van der Waals surface area contributed by atoms with Crippen LogP contribution in [0, 0.1) is 6.92 Å². The summed E-state index contributed by atoms with van der Waals surface area (Å²) in [7, 11) is -1.97. The van der Waals surface area contributed by atoms with E-state index in [0.717, 1.165) is 11.1 Å². The summed E-state index contributed by atoms with van der Waals surface area (Å²) in [5.74, 6) is -0.255. The van der Waals surface area contributed by atoms with Crippen LogP contribution in [0.2, 0.25) is 0 Å². The third kappa shape index (κ3) is 2.69. The van der Waals surface area contributed by atoms with E-state index < -0.39 is 20.6 Å². The first-order chi connectivity index (χ1) is 10.9. The van der Waals surface area contributed by atoms with E-state index in [1.54, 1.807) is 31.4 Å². The number of ether oxygens (including phenoxy) is 1. The van der Waals surface area contributed by atoms with Gasteiger partial charge in [0.25, 0.3) is 0 Å². The Hall–Kier alpha value is -1.69. The molecule has 0 unspecified atom stereocenters. The molecule has 0 aliphatic heterocycles. The molecule has 1 aliphatic rings. The first-order valence-electron chi connectivity index (χ1n) is 7.54. The van der Waals surface area contributed by atoms with E-state index in [-0.39, 0.29) is 12.5 Å². The summed E-state index contributed by atoms with van der Waals surface area (Å²) in [4.78, 5) is 0.317. The first kappa shape index (κ1) is 16.2. The summed E-state index contributed by atoms with van der Waals surface area (Å²) < 4.78 is 31.3. The Labute approximate surface area is 137 Å². The monoisotopic (exact) mass is 331 g/mol. The summed E-state index contributed by atoms with van der Waals surface area (Å²) in [6, 6.07) is 16.5. The van der Waals surface area contributed by atoms with Crippen LogP contribution in [-0.4, -0.2) is 32.9 Å². The number of hydrogen-bond acceptors (Lipinski definition) is 4. The van der Waals surface area contributed by atoms with Crippen LogP contribution >= 0.6 is 0 Å². The molecule has 1 aliphatic carbocycles. The van der Waals surface area contributed by atoms with Crippen LogP contribution in [0.1, 0.15) is 17.0 Å². The van der Waals surface area contributed by atoms with Gasteiger partial charge in [-0.2, -0.15) is 0 Å². The largest absolute Gasteiger partial charge is 0.383 e. The lowest BCUT2D eigenvalue weighted by Crippen LogP contribution is -2.35. The van der Waals surface area contributed by atoms with Gasteiger partial charge in [-0.05, 0) is 24.6 Å². The van der Waals surface area contributed by atoms with E-state index in [9.17, 15) is 8.42 Å². The van der Waals surface area contributed by atoms with Gasteiger partial charge >= 0.3 is 0 Å². The van der Waals surface area contributed by atoms with E-state index in [4.69, 9.17) is 10.5 Å². The lowest BCUT2D eigenvalue weighted by Gasteiger charge is -2.11. The SMILES string of the molecule is COC[C@@]1(N)[C@H](S(=O)(=O)c2ccc(C)cc2)[C@@H]1c1ccccc1. The maximum absolute atomic E-state index is 13.0. The third-order valence-corrected chi connectivity index (χ3v) is 6.85. The van der Waals surface area contributed by atoms with Crippen LogP contribution in [0.25, 0.3) is 0 Å². The number of hydrogen-bond donors (Lipinski definition) is 1. The predicted octanol–water partition coefficient (Wildman–Crippen LogP) is 2.28.